The number of hydrogen-bond donors (Lipinski definition) is 2. The van der Waals surface area contributed by atoms with E-state index in [0.717, 1.165) is 32.1 Å². The third-order valence-corrected chi connectivity index (χ3v) is 3.87. The second kappa shape index (κ2) is 6.38. The molecule has 0 aromatic rings. The molecule has 2 rings (SSSR count). The summed E-state index contributed by atoms with van der Waals surface area (Å²) in [6.07, 6.45) is 4.04. The number of nitrogens with zero attached hydrogens (tertiary/aromatic N) is 3. The molecule has 0 aromatic carbocycles. The predicted molar refractivity (Wildman–Crippen MR) is 75.2 cm³/mol. The third kappa shape index (κ3) is 3.36. The van der Waals surface area contributed by atoms with Gasteiger partial charge in [-0.05, 0) is 25.3 Å². The first-order valence-corrected chi connectivity index (χ1v) is 7.20. The molecule has 18 heavy (non-hydrogen) atoms. The monoisotopic (exact) mass is 253 g/mol. The van der Waals surface area contributed by atoms with Crippen LogP contribution in [0.3, 0.4) is 0 Å². The molecular formula is C13H27N5. The highest BCUT2D eigenvalue weighted by atomic mass is 15.4. The maximum atomic E-state index is 5.62. The number of guanidine groups is 1. The van der Waals surface area contributed by atoms with Gasteiger partial charge in [0.1, 0.15) is 0 Å². The Kier molecular flexibility index (Phi) is 4.83. The van der Waals surface area contributed by atoms with E-state index in [4.69, 9.17) is 5.84 Å². The average Bonchev–Trinajstić information content (AvgIpc) is 2.39. The topological polar surface area (TPSA) is 56.9 Å². The molecule has 5 nitrogen and oxygen atoms in total. The van der Waals surface area contributed by atoms with E-state index in [9.17, 15) is 0 Å². The van der Waals surface area contributed by atoms with Crippen molar-refractivity contribution in [3.05, 3.63) is 0 Å². The van der Waals surface area contributed by atoms with E-state index in [1.807, 2.05) is 0 Å². The maximum Gasteiger partial charge on any atom is 0.208 e. The molecule has 0 aliphatic carbocycles. The van der Waals surface area contributed by atoms with E-state index in [1.165, 1.54) is 25.8 Å². The summed E-state index contributed by atoms with van der Waals surface area (Å²) in [6.45, 7) is 9.72. The summed E-state index contributed by atoms with van der Waals surface area (Å²) in [5.41, 5.74) is 2.78. The highest BCUT2D eigenvalue weighted by molar-refractivity contribution is 5.79. The van der Waals surface area contributed by atoms with Gasteiger partial charge in [-0.2, -0.15) is 0 Å². The molecular weight excluding hydrogens is 226 g/mol. The van der Waals surface area contributed by atoms with Crippen molar-refractivity contribution in [3.63, 3.8) is 0 Å². The van der Waals surface area contributed by atoms with Gasteiger partial charge in [0.25, 0.3) is 0 Å². The van der Waals surface area contributed by atoms with Crippen LogP contribution in [0, 0.1) is 5.92 Å². The number of hydrogen-bond acceptors (Lipinski definition) is 3. The van der Waals surface area contributed by atoms with Crippen molar-refractivity contribution in [1.29, 1.82) is 0 Å². The van der Waals surface area contributed by atoms with E-state index in [1.54, 1.807) is 0 Å². The molecule has 0 saturated carbocycles. The number of aliphatic imine (C=N–C) groups is 1. The van der Waals surface area contributed by atoms with Crippen LogP contribution in [-0.4, -0.2) is 54.5 Å². The van der Waals surface area contributed by atoms with Gasteiger partial charge in [-0.15, -0.1) is 0 Å². The zero-order chi connectivity index (χ0) is 13.0. The molecule has 2 saturated heterocycles. The lowest BCUT2D eigenvalue weighted by Gasteiger charge is -2.44. The quantitative estimate of drug-likeness (QED) is 0.328. The Bertz CT molecular complexity index is 289. The second-order valence-corrected chi connectivity index (χ2v) is 5.83. The van der Waals surface area contributed by atoms with Gasteiger partial charge in [-0.25, -0.2) is 5.84 Å². The molecule has 2 heterocycles. The fourth-order valence-corrected chi connectivity index (χ4v) is 2.85. The fraction of sp³-hybridized carbons (Fsp3) is 0.923. The van der Waals surface area contributed by atoms with E-state index in [2.05, 4.69) is 34.1 Å². The molecule has 2 aliphatic heterocycles. The van der Waals surface area contributed by atoms with Crippen LogP contribution < -0.4 is 11.3 Å². The molecule has 0 spiro atoms. The fourth-order valence-electron chi connectivity index (χ4n) is 2.85. The van der Waals surface area contributed by atoms with Gasteiger partial charge in [0.2, 0.25) is 5.96 Å². The van der Waals surface area contributed by atoms with Gasteiger partial charge in [0, 0.05) is 32.2 Å². The molecule has 1 atom stereocenters. The minimum absolute atomic E-state index is 0.573. The molecule has 0 amide bonds. The number of nitrogens with one attached hydrogen (secondary N) is 1. The first kappa shape index (κ1) is 13.6. The Hall–Kier alpha value is -0.810. The number of fused-ring (bicyclic) bond motifs is 1. The van der Waals surface area contributed by atoms with Crippen LogP contribution in [0.4, 0.5) is 0 Å². The van der Waals surface area contributed by atoms with Crippen molar-refractivity contribution < 1.29 is 0 Å². The highest BCUT2D eigenvalue weighted by Crippen LogP contribution is 2.20. The van der Waals surface area contributed by atoms with Crippen LogP contribution >= 0.6 is 0 Å². The van der Waals surface area contributed by atoms with Crippen LogP contribution in [0.5, 0.6) is 0 Å². The molecule has 2 fully saturated rings. The van der Waals surface area contributed by atoms with Gasteiger partial charge in [-0.1, -0.05) is 20.3 Å². The molecule has 3 N–H and O–H groups in total. The van der Waals surface area contributed by atoms with Crippen LogP contribution in [0.25, 0.3) is 0 Å². The van der Waals surface area contributed by atoms with Crippen LogP contribution in [-0.2, 0) is 0 Å². The molecule has 0 aromatic heterocycles. The van der Waals surface area contributed by atoms with Crippen molar-refractivity contribution in [2.75, 3.05) is 32.7 Å². The first-order valence-electron chi connectivity index (χ1n) is 7.20. The van der Waals surface area contributed by atoms with E-state index in [-0.39, 0.29) is 0 Å². The molecule has 5 heteroatoms. The van der Waals surface area contributed by atoms with Gasteiger partial charge >= 0.3 is 0 Å². The van der Waals surface area contributed by atoms with Crippen molar-refractivity contribution >= 4 is 5.96 Å². The Balaban J connectivity index is 1.93. The molecule has 0 radical (unpaired) electrons. The lowest BCUT2D eigenvalue weighted by Crippen LogP contribution is -2.59. The lowest BCUT2D eigenvalue weighted by atomic mass is 10.00. The van der Waals surface area contributed by atoms with Gasteiger partial charge in [0.05, 0.1) is 0 Å². The van der Waals surface area contributed by atoms with Crippen LogP contribution in [0.2, 0.25) is 0 Å². The Morgan fingerprint density at radius 3 is 2.89 bits per heavy atom. The van der Waals surface area contributed by atoms with Crippen LogP contribution in [0.15, 0.2) is 4.99 Å². The number of hydrazine groups is 1. The lowest BCUT2D eigenvalue weighted by molar-refractivity contribution is 0.0785. The SMILES string of the molecule is CC(C)CN=C(NN)N1CCN2CCCCC2C1. The Labute approximate surface area is 110 Å². The minimum atomic E-state index is 0.573. The maximum absolute atomic E-state index is 5.62. The zero-order valence-electron chi connectivity index (χ0n) is 11.7. The summed E-state index contributed by atoms with van der Waals surface area (Å²) in [5.74, 6) is 7.06. The Morgan fingerprint density at radius 2 is 2.17 bits per heavy atom. The summed E-state index contributed by atoms with van der Waals surface area (Å²) >= 11 is 0. The van der Waals surface area contributed by atoms with Gasteiger partial charge < -0.3 is 4.90 Å². The number of nitrogens with two attached hydrogens (primary N) is 1. The summed E-state index contributed by atoms with van der Waals surface area (Å²) < 4.78 is 0. The standard InChI is InChI=1S/C13H27N5/c1-11(2)9-15-13(16-14)18-8-7-17-6-4-3-5-12(17)10-18/h11-12H,3-10,14H2,1-2H3,(H,15,16). The van der Waals surface area contributed by atoms with E-state index >= 15 is 0 Å². The second-order valence-electron chi connectivity index (χ2n) is 5.83. The number of rotatable bonds is 2. The summed E-state index contributed by atoms with van der Waals surface area (Å²) in [4.78, 5) is 9.53. The van der Waals surface area contributed by atoms with E-state index < -0.39 is 0 Å². The third-order valence-electron chi connectivity index (χ3n) is 3.87. The largest absolute Gasteiger partial charge is 0.339 e. The smallest absolute Gasteiger partial charge is 0.208 e. The normalized spacial score (nSPS) is 26.3. The van der Waals surface area contributed by atoms with Gasteiger partial charge in [0.15, 0.2) is 0 Å². The summed E-state index contributed by atoms with van der Waals surface area (Å²) in [5, 5.41) is 0. The predicted octanol–water partition coefficient (Wildman–Crippen LogP) is 0.632. The Morgan fingerprint density at radius 1 is 1.33 bits per heavy atom. The highest BCUT2D eigenvalue weighted by Gasteiger charge is 2.29. The minimum Gasteiger partial charge on any atom is -0.339 e. The zero-order valence-corrected chi connectivity index (χ0v) is 11.7. The summed E-state index contributed by atoms with van der Waals surface area (Å²) in [7, 11) is 0. The van der Waals surface area contributed by atoms with Gasteiger partial charge in [-0.3, -0.25) is 15.3 Å². The van der Waals surface area contributed by atoms with Crippen molar-refractivity contribution in [1.82, 2.24) is 15.2 Å². The number of piperazine rings is 1. The first-order chi connectivity index (χ1) is 8.70. The molecule has 1 unspecified atom stereocenters. The number of piperidine rings is 1. The molecule has 0 bridgehead atoms. The summed E-state index contributed by atoms with van der Waals surface area (Å²) in [6, 6.07) is 0.699. The molecule has 104 valence electrons. The molecule has 2 aliphatic rings. The van der Waals surface area contributed by atoms with Crippen molar-refractivity contribution in [2.24, 2.45) is 16.8 Å². The van der Waals surface area contributed by atoms with E-state index in [0.29, 0.717) is 12.0 Å². The van der Waals surface area contributed by atoms with Crippen molar-refractivity contribution in [2.45, 2.75) is 39.2 Å². The average molecular weight is 253 g/mol. The van der Waals surface area contributed by atoms with Crippen LogP contribution in [0.1, 0.15) is 33.1 Å². The van der Waals surface area contributed by atoms with Crippen molar-refractivity contribution in [3.8, 4) is 0 Å².